The maximum Gasteiger partial charge on any atom is 0.410 e. The van der Waals surface area contributed by atoms with Crippen LogP contribution in [0.1, 0.15) is 47.0 Å². The summed E-state index contributed by atoms with van der Waals surface area (Å²) in [4.78, 5) is 29.3. The van der Waals surface area contributed by atoms with Crippen molar-refractivity contribution in [2.75, 3.05) is 45.8 Å². The van der Waals surface area contributed by atoms with E-state index < -0.39 is 11.6 Å². The van der Waals surface area contributed by atoms with Crippen molar-refractivity contribution < 1.29 is 19.4 Å². The van der Waals surface area contributed by atoms with Crippen molar-refractivity contribution in [2.24, 2.45) is 5.92 Å². The van der Waals surface area contributed by atoms with Crippen LogP contribution < -0.4 is 0 Å². The van der Waals surface area contributed by atoms with Crippen molar-refractivity contribution in [2.45, 2.75) is 58.6 Å². The van der Waals surface area contributed by atoms with E-state index in [0.29, 0.717) is 12.0 Å². The van der Waals surface area contributed by atoms with Crippen LogP contribution in [0.5, 0.6) is 0 Å². The van der Waals surface area contributed by atoms with Crippen molar-refractivity contribution in [1.82, 2.24) is 14.7 Å². The number of piperidine rings is 1. The van der Waals surface area contributed by atoms with Gasteiger partial charge in [0.2, 0.25) is 0 Å². The topological polar surface area (TPSA) is 73.3 Å². The average molecular weight is 370 g/mol. The summed E-state index contributed by atoms with van der Waals surface area (Å²) < 4.78 is 5.45. The van der Waals surface area contributed by atoms with Gasteiger partial charge in [-0.1, -0.05) is 0 Å². The van der Waals surface area contributed by atoms with E-state index in [1.54, 1.807) is 0 Å². The zero-order chi connectivity index (χ0) is 19.3. The summed E-state index contributed by atoms with van der Waals surface area (Å²) in [5.41, 5.74) is -0.438. The molecule has 1 atom stereocenters. The minimum Gasteiger partial charge on any atom is -0.480 e. The summed E-state index contributed by atoms with van der Waals surface area (Å²) in [6.45, 7) is 13.2. The first-order valence-corrected chi connectivity index (χ1v) is 9.80. The Morgan fingerprint density at radius 1 is 1.12 bits per heavy atom. The maximum atomic E-state index is 12.1. The standard InChI is InChI=1S/C19H35N3O4/c1-15-13-20(14-17(23)24)11-12-21(15)8-5-16-6-9-22(10-7-16)18(25)26-19(2,3)4/h15-16H,5-14H2,1-4H3,(H,23,24)/t15-/m1/s1. The third kappa shape index (κ3) is 6.76. The number of hydrogen-bond acceptors (Lipinski definition) is 5. The zero-order valence-corrected chi connectivity index (χ0v) is 16.7. The number of amides is 1. The summed E-state index contributed by atoms with van der Waals surface area (Å²) in [6.07, 6.45) is 3.02. The van der Waals surface area contributed by atoms with Gasteiger partial charge in [-0.15, -0.1) is 0 Å². The van der Waals surface area contributed by atoms with Crippen LogP contribution in [0, 0.1) is 5.92 Å². The monoisotopic (exact) mass is 369 g/mol. The average Bonchev–Trinajstić information content (AvgIpc) is 2.52. The summed E-state index contributed by atoms with van der Waals surface area (Å²) >= 11 is 0. The van der Waals surface area contributed by atoms with Crippen LogP contribution in [-0.4, -0.2) is 89.3 Å². The van der Waals surface area contributed by atoms with Crippen LogP contribution in [0.25, 0.3) is 0 Å². The lowest BCUT2D eigenvalue weighted by Crippen LogP contribution is -2.53. The molecule has 26 heavy (non-hydrogen) atoms. The largest absolute Gasteiger partial charge is 0.480 e. The number of carbonyl (C=O) groups excluding carboxylic acids is 1. The Bertz CT molecular complexity index is 484. The van der Waals surface area contributed by atoms with Gasteiger partial charge in [-0.25, -0.2) is 4.79 Å². The molecule has 0 aromatic carbocycles. The molecule has 2 rings (SSSR count). The highest BCUT2D eigenvalue weighted by atomic mass is 16.6. The molecule has 0 bridgehead atoms. The van der Waals surface area contributed by atoms with E-state index in [2.05, 4.69) is 11.8 Å². The van der Waals surface area contributed by atoms with Gasteiger partial charge in [0.05, 0.1) is 6.54 Å². The fourth-order valence-electron chi connectivity index (χ4n) is 3.82. The third-order valence-corrected chi connectivity index (χ3v) is 5.30. The number of hydrogen-bond donors (Lipinski definition) is 1. The Morgan fingerprint density at radius 3 is 2.31 bits per heavy atom. The number of carbonyl (C=O) groups is 2. The van der Waals surface area contributed by atoms with Crippen molar-refractivity contribution in [3.63, 3.8) is 0 Å². The predicted octanol–water partition coefficient (Wildman–Crippen LogP) is 2.11. The first-order valence-electron chi connectivity index (χ1n) is 9.80. The second-order valence-electron chi connectivity index (χ2n) is 8.71. The Balaban J connectivity index is 1.67. The molecule has 2 aliphatic rings. The lowest BCUT2D eigenvalue weighted by Gasteiger charge is -2.40. The van der Waals surface area contributed by atoms with Gasteiger partial charge in [-0.3, -0.25) is 14.6 Å². The van der Waals surface area contributed by atoms with Crippen molar-refractivity contribution in [3.05, 3.63) is 0 Å². The molecule has 0 radical (unpaired) electrons. The lowest BCUT2D eigenvalue weighted by atomic mass is 9.93. The van der Waals surface area contributed by atoms with Gasteiger partial charge in [0, 0.05) is 38.8 Å². The fourth-order valence-corrected chi connectivity index (χ4v) is 3.82. The molecule has 0 spiro atoms. The molecule has 2 saturated heterocycles. The van der Waals surface area contributed by atoms with Gasteiger partial charge in [-0.05, 0) is 59.4 Å². The van der Waals surface area contributed by atoms with Gasteiger partial charge in [0.15, 0.2) is 0 Å². The molecule has 7 nitrogen and oxygen atoms in total. The smallest absolute Gasteiger partial charge is 0.410 e. The Hall–Kier alpha value is -1.34. The van der Waals surface area contributed by atoms with Crippen molar-refractivity contribution >= 4 is 12.1 Å². The molecule has 2 fully saturated rings. The SMILES string of the molecule is C[C@@H]1CN(CC(=O)O)CCN1CCC1CCN(C(=O)OC(C)(C)C)CC1. The Morgan fingerprint density at radius 2 is 1.77 bits per heavy atom. The Kier molecular flexibility index (Phi) is 7.29. The van der Waals surface area contributed by atoms with Gasteiger partial charge in [0.1, 0.15) is 5.60 Å². The molecule has 0 aromatic heterocycles. The van der Waals surface area contributed by atoms with Gasteiger partial charge < -0.3 is 14.7 Å². The Labute approximate surface area is 157 Å². The van der Waals surface area contributed by atoms with Crippen LogP contribution in [0.2, 0.25) is 0 Å². The van der Waals surface area contributed by atoms with Crippen LogP contribution in [0.4, 0.5) is 4.79 Å². The van der Waals surface area contributed by atoms with Crippen LogP contribution in [0.15, 0.2) is 0 Å². The van der Waals surface area contributed by atoms with E-state index in [0.717, 1.165) is 58.5 Å². The number of likely N-dealkylation sites (tertiary alicyclic amines) is 1. The third-order valence-electron chi connectivity index (χ3n) is 5.30. The maximum absolute atomic E-state index is 12.1. The normalized spacial score (nSPS) is 23.8. The second-order valence-corrected chi connectivity index (χ2v) is 8.71. The molecular formula is C19H35N3O4. The van der Waals surface area contributed by atoms with E-state index in [9.17, 15) is 9.59 Å². The van der Waals surface area contributed by atoms with E-state index in [1.807, 2.05) is 30.6 Å². The van der Waals surface area contributed by atoms with Crippen molar-refractivity contribution in [3.8, 4) is 0 Å². The molecule has 0 aromatic rings. The van der Waals surface area contributed by atoms with E-state index in [1.165, 1.54) is 0 Å². The molecule has 2 heterocycles. The van der Waals surface area contributed by atoms with Gasteiger partial charge >= 0.3 is 12.1 Å². The number of carboxylic acids is 1. The molecule has 0 aliphatic carbocycles. The minimum absolute atomic E-state index is 0.140. The molecule has 150 valence electrons. The lowest BCUT2D eigenvalue weighted by molar-refractivity contribution is -0.139. The molecule has 0 saturated carbocycles. The molecule has 1 N–H and O–H groups in total. The number of carboxylic acid groups (broad SMARTS) is 1. The quantitative estimate of drug-likeness (QED) is 0.800. The molecule has 7 heteroatoms. The van der Waals surface area contributed by atoms with Crippen LogP contribution in [-0.2, 0) is 9.53 Å². The summed E-state index contributed by atoms with van der Waals surface area (Å²) in [7, 11) is 0. The number of rotatable bonds is 5. The summed E-state index contributed by atoms with van der Waals surface area (Å²) in [5, 5.41) is 8.92. The number of aliphatic carboxylic acids is 1. The summed E-state index contributed by atoms with van der Waals surface area (Å²) in [5.74, 6) is -0.0969. The number of nitrogens with zero attached hydrogens (tertiary/aromatic N) is 3. The summed E-state index contributed by atoms with van der Waals surface area (Å²) in [6, 6.07) is 0.393. The van der Waals surface area contributed by atoms with Crippen LogP contribution in [0.3, 0.4) is 0 Å². The first-order chi connectivity index (χ1) is 12.1. The first kappa shape index (κ1) is 21.0. The molecule has 1 amide bonds. The zero-order valence-electron chi connectivity index (χ0n) is 16.7. The minimum atomic E-state index is -0.748. The van der Waals surface area contributed by atoms with E-state index in [4.69, 9.17) is 9.84 Å². The van der Waals surface area contributed by atoms with E-state index >= 15 is 0 Å². The van der Waals surface area contributed by atoms with Crippen molar-refractivity contribution in [1.29, 1.82) is 0 Å². The highest BCUT2D eigenvalue weighted by Crippen LogP contribution is 2.23. The molecular weight excluding hydrogens is 334 g/mol. The second kappa shape index (κ2) is 9.04. The van der Waals surface area contributed by atoms with Crippen LogP contribution >= 0.6 is 0 Å². The van der Waals surface area contributed by atoms with Gasteiger partial charge in [0.25, 0.3) is 0 Å². The fraction of sp³-hybridized carbons (Fsp3) is 0.895. The predicted molar refractivity (Wildman–Crippen MR) is 100 cm³/mol. The molecule has 2 aliphatic heterocycles. The van der Waals surface area contributed by atoms with E-state index in [-0.39, 0.29) is 12.6 Å². The van der Waals surface area contributed by atoms with Gasteiger partial charge in [-0.2, -0.15) is 0 Å². The highest BCUT2D eigenvalue weighted by molar-refractivity contribution is 5.69. The molecule has 0 unspecified atom stereocenters. The number of piperazine rings is 1. The number of ether oxygens (including phenoxy) is 1. The highest BCUT2D eigenvalue weighted by Gasteiger charge is 2.28.